The van der Waals surface area contributed by atoms with E-state index in [9.17, 15) is 4.79 Å². The van der Waals surface area contributed by atoms with E-state index < -0.39 is 0 Å². The molecule has 0 bridgehead atoms. The second-order valence-electron chi connectivity index (χ2n) is 4.19. The molecule has 0 atom stereocenters. The standard InChI is InChI=1S/C13H18N2O/c1-9(2)13(16)15-14-8-12-10(3)6-5-7-11(12)4/h5-9H,1-4H3,(H,15,16)/b14-8-. The molecule has 1 aromatic carbocycles. The number of carbonyl (C=O) groups excluding carboxylic acids is 1. The molecule has 0 aliphatic rings. The Morgan fingerprint density at radius 2 is 1.88 bits per heavy atom. The number of hydrazone groups is 1. The molecule has 0 unspecified atom stereocenters. The highest BCUT2D eigenvalue weighted by Crippen LogP contribution is 2.10. The summed E-state index contributed by atoms with van der Waals surface area (Å²) in [4.78, 5) is 11.3. The summed E-state index contributed by atoms with van der Waals surface area (Å²) >= 11 is 0. The van der Waals surface area contributed by atoms with Crippen molar-refractivity contribution in [1.29, 1.82) is 0 Å². The third-order valence-corrected chi connectivity index (χ3v) is 2.43. The highest BCUT2D eigenvalue weighted by molar-refractivity contribution is 5.85. The Morgan fingerprint density at radius 1 is 1.31 bits per heavy atom. The summed E-state index contributed by atoms with van der Waals surface area (Å²) in [7, 11) is 0. The number of amides is 1. The van der Waals surface area contributed by atoms with Gasteiger partial charge in [-0.25, -0.2) is 5.43 Å². The number of aryl methyl sites for hydroxylation is 2. The quantitative estimate of drug-likeness (QED) is 0.614. The zero-order chi connectivity index (χ0) is 12.1. The number of nitrogens with zero attached hydrogens (tertiary/aromatic N) is 1. The smallest absolute Gasteiger partial charge is 0.242 e. The molecule has 0 saturated carbocycles. The maximum Gasteiger partial charge on any atom is 0.242 e. The first-order valence-corrected chi connectivity index (χ1v) is 5.41. The van der Waals surface area contributed by atoms with Crippen molar-refractivity contribution >= 4 is 12.1 Å². The van der Waals surface area contributed by atoms with Crippen LogP contribution in [0.1, 0.15) is 30.5 Å². The lowest BCUT2D eigenvalue weighted by molar-refractivity contribution is -0.123. The van der Waals surface area contributed by atoms with Crippen molar-refractivity contribution in [2.45, 2.75) is 27.7 Å². The zero-order valence-corrected chi connectivity index (χ0v) is 10.2. The summed E-state index contributed by atoms with van der Waals surface area (Å²) in [5, 5.41) is 3.96. The van der Waals surface area contributed by atoms with Gasteiger partial charge in [0.1, 0.15) is 0 Å². The third kappa shape index (κ3) is 3.19. The number of rotatable bonds is 3. The fraction of sp³-hybridized carbons (Fsp3) is 0.385. The lowest BCUT2D eigenvalue weighted by Gasteiger charge is -2.04. The van der Waals surface area contributed by atoms with Crippen LogP contribution in [0, 0.1) is 19.8 Å². The summed E-state index contributed by atoms with van der Waals surface area (Å²) in [5.41, 5.74) is 5.89. The first-order chi connectivity index (χ1) is 7.52. The minimum atomic E-state index is -0.0671. The predicted octanol–water partition coefficient (Wildman–Crippen LogP) is 2.41. The van der Waals surface area contributed by atoms with Crippen molar-refractivity contribution in [3.63, 3.8) is 0 Å². The van der Waals surface area contributed by atoms with Crippen LogP contribution in [-0.4, -0.2) is 12.1 Å². The van der Waals surface area contributed by atoms with E-state index in [4.69, 9.17) is 0 Å². The number of hydrogen-bond donors (Lipinski definition) is 1. The van der Waals surface area contributed by atoms with Gasteiger partial charge in [-0.2, -0.15) is 5.10 Å². The largest absolute Gasteiger partial charge is 0.273 e. The van der Waals surface area contributed by atoms with Crippen LogP contribution in [0.3, 0.4) is 0 Å². The molecule has 3 heteroatoms. The summed E-state index contributed by atoms with van der Waals surface area (Å²) in [5.74, 6) is -0.113. The third-order valence-electron chi connectivity index (χ3n) is 2.43. The Morgan fingerprint density at radius 3 is 2.38 bits per heavy atom. The molecular formula is C13H18N2O. The van der Waals surface area contributed by atoms with Crippen molar-refractivity contribution < 1.29 is 4.79 Å². The van der Waals surface area contributed by atoms with E-state index in [1.165, 1.54) is 0 Å². The molecule has 0 radical (unpaired) electrons. The van der Waals surface area contributed by atoms with E-state index in [0.717, 1.165) is 16.7 Å². The van der Waals surface area contributed by atoms with Gasteiger partial charge in [0.2, 0.25) is 5.91 Å². The molecule has 86 valence electrons. The number of benzene rings is 1. The number of carbonyl (C=O) groups is 1. The van der Waals surface area contributed by atoms with E-state index in [2.05, 4.69) is 10.5 Å². The summed E-state index contributed by atoms with van der Waals surface area (Å²) < 4.78 is 0. The van der Waals surface area contributed by atoms with Crippen LogP contribution in [0.4, 0.5) is 0 Å². The van der Waals surface area contributed by atoms with Crippen molar-refractivity contribution in [1.82, 2.24) is 5.43 Å². The van der Waals surface area contributed by atoms with Crippen LogP contribution < -0.4 is 5.43 Å². The average Bonchev–Trinajstić information content (AvgIpc) is 2.22. The van der Waals surface area contributed by atoms with Gasteiger partial charge in [-0.1, -0.05) is 32.0 Å². The molecule has 0 spiro atoms. The summed E-state index contributed by atoms with van der Waals surface area (Å²) in [6, 6.07) is 6.06. The molecule has 0 fully saturated rings. The van der Waals surface area contributed by atoms with Gasteiger partial charge in [0.05, 0.1) is 6.21 Å². The molecule has 0 aliphatic heterocycles. The van der Waals surface area contributed by atoms with E-state index in [1.807, 2.05) is 45.9 Å². The summed E-state index contributed by atoms with van der Waals surface area (Å²) in [6.07, 6.45) is 1.70. The molecule has 1 aromatic rings. The predicted molar refractivity (Wildman–Crippen MR) is 66.5 cm³/mol. The van der Waals surface area contributed by atoms with E-state index in [1.54, 1.807) is 6.21 Å². The van der Waals surface area contributed by atoms with Crippen molar-refractivity contribution in [2.75, 3.05) is 0 Å². The van der Waals surface area contributed by atoms with Gasteiger partial charge in [0.15, 0.2) is 0 Å². The van der Waals surface area contributed by atoms with Gasteiger partial charge in [0.25, 0.3) is 0 Å². The van der Waals surface area contributed by atoms with Gasteiger partial charge in [-0.15, -0.1) is 0 Å². The van der Waals surface area contributed by atoms with Crippen molar-refractivity contribution in [3.8, 4) is 0 Å². The highest BCUT2D eigenvalue weighted by Gasteiger charge is 2.04. The van der Waals surface area contributed by atoms with Crippen LogP contribution in [0.25, 0.3) is 0 Å². The Labute approximate surface area is 96.6 Å². The normalized spacial score (nSPS) is 11.1. The maximum absolute atomic E-state index is 11.3. The van der Waals surface area contributed by atoms with E-state index in [0.29, 0.717) is 0 Å². The van der Waals surface area contributed by atoms with E-state index >= 15 is 0 Å². The minimum Gasteiger partial charge on any atom is -0.273 e. The molecule has 1 rings (SSSR count). The molecular weight excluding hydrogens is 200 g/mol. The monoisotopic (exact) mass is 218 g/mol. The number of nitrogens with one attached hydrogen (secondary N) is 1. The van der Waals surface area contributed by atoms with Gasteiger partial charge in [0, 0.05) is 11.5 Å². The molecule has 0 aromatic heterocycles. The van der Waals surface area contributed by atoms with Gasteiger partial charge in [-0.3, -0.25) is 4.79 Å². The van der Waals surface area contributed by atoms with E-state index in [-0.39, 0.29) is 11.8 Å². The Kier molecular flexibility index (Phi) is 4.23. The zero-order valence-electron chi connectivity index (χ0n) is 10.2. The highest BCUT2D eigenvalue weighted by atomic mass is 16.2. The second kappa shape index (κ2) is 5.45. The molecule has 16 heavy (non-hydrogen) atoms. The Bertz CT molecular complexity index is 388. The molecule has 1 N–H and O–H groups in total. The fourth-order valence-electron chi connectivity index (χ4n) is 1.32. The van der Waals surface area contributed by atoms with Crippen molar-refractivity contribution in [3.05, 3.63) is 34.9 Å². The van der Waals surface area contributed by atoms with Gasteiger partial charge in [-0.05, 0) is 25.0 Å². The van der Waals surface area contributed by atoms with Gasteiger partial charge >= 0.3 is 0 Å². The van der Waals surface area contributed by atoms with Crippen LogP contribution in [0.15, 0.2) is 23.3 Å². The molecule has 0 saturated heterocycles. The van der Waals surface area contributed by atoms with Crippen LogP contribution in [0.2, 0.25) is 0 Å². The first kappa shape index (κ1) is 12.4. The summed E-state index contributed by atoms with van der Waals surface area (Å²) in [6.45, 7) is 7.73. The lowest BCUT2D eigenvalue weighted by Crippen LogP contribution is -2.22. The van der Waals surface area contributed by atoms with Crippen LogP contribution in [0.5, 0.6) is 0 Å². The topological polar surface area (TPSA) is 41.5 Å². The Balaban J connectivity index is 2.74. The molecule has 3 nitrogen and oxygen atoms in total. The average molecular weight is 218 g/mol. The van der Waals surface area contributed by atoms with Crippen LogP contribution >= 0.6 is 0 Å². The number of hydrogen-bond acceptors (Lipinski definition) is 2. The van der Waals surface area contributed by atoms with Gasteiger partial charge < -0.3 is 0 Å². The first-order valence-electron chi connectivity index (χ1n) is 5.41. The molecule has 0 aliphatic carbocycles. The minimum absolute atomic E-state index is 0.0462. The maximum atomic E-state index is 11.3. The SMILES string of the molecule is Cc1cccc(C)c1/C=N\NC(=O)C(C)C. The van der Waals surface area contributed by atoms with Crippen LogP contribution in [-0.2, 0) is 4.79 Å². The van der Waals surface area contributed by atoms with Crippen molar-refractivity contribution in [2.24, 2.45) is 11.0 Å². The molecule has 1 amide bonds. The Hall–Kier alpha value is -1.64. The molecule has 0 heterocycles. The fourth-order valence-corrected chi connectivity index (χ4v) is 1.32. The second-order valence-corrected chi connectivity index (χ2v) is 4.19. The lowest BCUT2D eigenvalue weighted by atomic mass is 10.0.